The van der Waals surface area contributed by atoms with Gasteiger partial charge in [-0.25, -0.2) is 4.99 Å². The Kier molecular flexibility index (Phi) is 8.35. The summed E-state index contributed by atoms with van der Waals surface area (Å²) in [4.78, 5) is 7.01. The lowest BCUT2D eigenvalue weighted by molar-refractivity contribution is 0.0791. The highest BCUT2D eigenvalue weighted by atomic mass is 127. The summed E-state index contributed by atoms with van der Waals surface area (Å²) in [7, 11) is 0. The number of aliphatic hydroxyl groups is 1. The van der Waals surface area contributed by atoms with E-state index < -0.39 is 0 Å². The molecule has 1 fully saturated rings. The van der Waals surface area contributed by atoms with Gasteiger partial charge in [-0.2, -0.15) is 0 Å². The minimum absolute atomic E-state index is 0. The number of guanidine groups is 1. The number of likely N-dealkylation sites (tertiary alicyclic amines) is 1. The third-order valence-corrected chi connectivity index (χ3v) is 5.77. The number of hydrogen-bond donors (Lipinski definition) is 3. The highest BCUT2D eigenvalue weighted by Crippen LogP contribution is 2.31. The Morgan fingerprint density at radius 2 is 1.77 bits per heavy atom. The van der Waals surface area contributed by atoms with Crippen LogP contribution in [0.1, 0.15) is 42.0 Å². The Balaban J connectivity index is 0.00000256. The van der Waals surface area contributed by atoms with E-state index in [1.54, 1.807) is 0 Å². The lowest BCUT2D eigenvalue weighted by Crippen LogP contribution is -2.37. The van der Waals surface area contributed by atoms with Gasteiger partial charge in [0.15, 0.2) is 5.96 Å². The topological polar surface area (TPSA) is 83.1 Å². The molecule has 6 nitrogen and oxygen atoms in total. The van der Waals surface area contributed by atoms with Crippen molar-refractivity contribution in [3.8, 4) is 5.75 Å². The van der Waals surface area contributed by atoms with E-state index in [1.807, 2.05) is 24.3 Å². The van der Waals surface area contributed by atoms with Crippen molar-refractivity contribution in [2.45, 2.75) is 44.5 Å². The van der Waals surface area contributed by atoms with Crippen LogP contribution >= 0.6 is 24.0 Å². The highest BCUT2D eigenvalue weighted by molar-refractivity contribution is 14.0. The van der Waals surface area contributed by atoms with Crippen LogP contribution in [0.3, 0.4) is 0 Å². The molecule has 2 aliphatic rings. The van der Waals surface area contributed by atoms with Crippen LogP contribution in [0.15, 0.2) is 53.5 Å². The van der Waals surface area contributed by atoms with Gasteiger partial charge in [0.2, 0.25) is 0 Å². The molecule has 0 radical (unpaired) electrons. The zero-order valence-corrected chi connectivity index (χ0v) is 19.5. The largest absolute Gasteiger partial charge is 0.493 e. The van der Waals surface area contributed by atoms with Crippen LogP contribution in [0.2, 0.25) is 0 Å². The van der Waals surface area contributed by atoms with Crippen molar-refractivity contribution in [1.82, 2.24) is 10.2 Å². The second-order valence-corrected chi connectivity index (χ2v) is 7.85. The van der Waals surface area contributed by atoms with Gasteiger partial charge in [0.1, 0.15) is 5.75 Å². The Bertz CT molecular complexity index is 853. The molecule has 1 saturated heterocycles. The zero-order valence-electron chi connectivity index (χ0n) is 17.2. The first kappa shape index (κ1) is 22.8. The van der Waals surface area contributed by atoms with Gasteiger partial charge in [0.05, 0.1) is 25.3 Å². The summed E-state index contributed by atoms with van der Waals surface area (Å²) in [5, 5.41) is 13.1. The average Bonchev–Trinajstić information content (AvgIpc) is 2.75. The van der Waals surface area contributed by atoms with E-state index in [4.69, 9.17) is 10.5 Å². The van der Waals surface area contributed by atoms with Crippen LogP contribution in [0.4, 0.5) is 0 Å². The van der Waals surface area contributed by atoms with E-state index in [0.29, 0.717) is 19.1 Å². The first-order chi connectivity index (χ1) is 14.2. The fourth-order valence-corrected chi connectivity index (χ4v) is 4.07. The number of benzene rings is 2. The molecule has 0 saturated carbocycles. The van der Waals surface area contributed by atoms with Crippen LogP contribution in [0.25, 0.3) is 0 Å². The van der Waals surface area contributed by atoms with Crippen LogP contribution < -0.4 is 15.8 Å². The second-order valence-electron chi connectivity index (χ2n) is 7.85. The lowest BCUT2D eigenvalue weighted by atomic mass is 10.0. The molecule has 2 aliphatic heterocycles. The van der Waals surface area contributed by atoms with Crippen LogP contribution in [0, 0.1) is 0 Å². The van der Waals surface area contributed by atoms with Crippen LogP contribution in [-0.2, 0) is 13.1 Å². The SMILES string of the molecule is I.NC(=NCc1ccccc1CN1CCC(O)CC1)NC1CCOc2ccccc21. The normalized spacial score (nSPS) is 20.0. The quantitative estimate of drug-likeness (QED) is 0.319. The molecule has 4 N–H and O–H groups in total. The summed E-state index contributed by atoms with van der Waals surface area (Å²) in [6.07, 6.45) is 2.42. The smallest absolute Gasteiger partial charge is 0.189 e. The number of fused-ring (bicyclic) bond motifs is 1. The molecule has 0 spiro atoms. The Hall–Kier alpha value is -1.84. The van der Waals surface area contributed by atoms with Crippen molar-refractivity contribution in [2.75, 3.05) is 19.7 Å². The maximum atomic E-state index is 9.72. The number of rotatable bonds is 5. The van der Waals surface area contributed by atoms with Crippen molar-refractivity contribution >= 4 is 29.9 Å². The Morgan fingerprint density at radius 1 is 1.07 bits per heavy atom. The zero-order chi connectivity index (χ0) is 20.1. The fourth-order valence-electron chi connectivity index (χ4n) is 4.07. The molecular weight excluding hydrogens is 491 g/mol. The molecule has 2 heterocycles. The number of piperidine rings is 1. The predicted molar refractivity (Wildman–Crippen MR) is 130 cm³/mol. The van der Waals surface area contributed by atoms with Crippen molar-refractivity contribution in [1.29, 1.82) is 0 Å². The molecule has 0 aromatic heterocycles. The molecule has 2 aromatic carbocycles. The maximum Gasteiger partial charge on any atom is 0.189 e. The summed E-state index contributed by atoms with van der Waals surface area (Å²) in [6, 6.07) is 16.6. The van der Waals surface area contributed by atoms with Gasteiger partial charge in [0.25, 0.3) is 0 Å². The van der Waals surface area contributed by atoms with Gasteiger partial charge in [-0.05, 0) is 30.0 Å². The van der Waals surface area contributed by atoms with Crippen LogP contribution in [0.5, 0.6) is 5.75 Å². The molecule has 7 heteroatoms. The van der Waals surface area contributed by atoms with E-state index in [-0.39, 0.29) is 36.1 Å². The molecule has 2 aromatic rings. The Labute approximate surface area is 195 Å². The van der Waals surface area contributed by atoms with E-state index in [0.717, 1.165) is 50.2 Å². The number of aliphatic imine (C=N–C) groups is 1. The monoisotopic (exact) mass is 522 g/mol. The third kappa shape index (κ3) is 5.86. The van der Waals surface area contributed by atoms with Gasteiger partial charge < -0.3 is 20.9 Å². The first-order valence-electron chi connectivity index (χ1n) is 10.4. The van der Waals surface area contributed by atoms with Crippen LogP contribution in [-0.4, -0.2) is 41.8 Å². The number of para-hydroxylation sites is 1. The molecular formula is C23H31IN4O2. The second kappa shape index (κ2) is 11.0. The summed E-state index contributed by atoms with van der Waals surface area (Å²) in [5.41, 5.74) is 9.81. The van der Waals surface area contributed by atoms with Gasteiger partial charge in [-0.3, -0.25) is 4.90 Å². The lowest BCUT2D eigenvalue weighted by Gasteiger charge is -2.30. The number of nitrogens with zero attached hydrogens (tertiary/aromatic N) is 2. The molecule has 162 valence electrons. The van der Waals surface area contributed by atoms with E-state index in [1.165, 1.54) is 11.1 Å². The van der Waals surface area contributed by atoms with Gasteiger partial charge in [-0.1, -0.05) is 42.5 Å². The number of nitrogens with two attached hydrogens (primary N) is 1. The molecule has 30 heavy (non-hydrogen) atoms. The molecule has 0 amide bonds. The number of aliphatic hydroxyl groups excluding tert-OH is 1. The van der Waals surface area contributed by atoms with Gasteiger partial charge in [0, 0.05) is 31.6 Å². The van der Waals surface area contributed by atoms with Crippen molar-refractivity contribution < 1.29 is 9.84 Å². The van der Waals surface area contributed by atoms with Gasteiger partial charge in [-0.15, -0.1) is 24.0 Å². The van der Waals surface area contributed by atoms with E-state index in [9.17, 15) is 5.11 Å². The molecule has 4 rings (SSSR count). The molecule has 1 atom stereocenters. The Morgan fingerprint density at radius 3 is 2.57 bits per heavy atom. The average molecular weight is 522 g/mol. The van der Waals surface area contributed by atoms with Gasteiger partial charge >= 0.3 is 0 Å². The number of hydrogen-bond acceptors (Lipinski definition) is 4. The number of ether oxygens (including phenoxy) is 1. The number of nitrogens with one attached hydrogen (secondary N) is 1. The standard InChI is InChI=1S/C23H30N4O2.HI/c24-23(26-21-11-14-29-22-8-4-3-7-20(21)22)25-15-17-5-1-2-6-18(17)16-27-12-9-19(28)10-13-27;/h1-8,19,21,28H,9-16H2,(H3,24,25,26);1H. The first-order valence-corrected chi connectivity index (χ1v) is 10.4. The third-order valence-electron chi connectivity index (χ3n) is 5.77. The fraction of sp³-hybridized carbons (Fsp3) is 0.435. The number of halogens is 1. The summed E-state index contributed by atoms with van der Waals surface area (Å²) >= 11 is 0. The van der Waals surface area contributed by atoms with E-state index in [2.05, 4.69) is 39.5 Å². The van der Waals surface area contributed by atoms with Crippen molar-refractivity contribution in [3.05, 3.63) is 65.2 Å². The van der Waals surface area contributed by atoms with Crippen molar-refractivity contribution in [3.63, 3.8) is 0 Å². The molecule has 1 unspecified atom stereocenters. The molecule has 0 bridgehead atoms. The highest BCUT2D eigenvalue weighted by Gasteiger charge is 2.21. The predicted octanol–water partition coefficient (Wildman–Crippen LogP) is 3.19. The van der Waals surface area contributed by atoms with Crippen molar-refractivity contribution in [2.24, 2.45) is 10.7 Å². The maximum absolute atomic E-state index is 9.72. The minimum atomic E-state index is -0.146. The summed E-state index contributed by atoms with van der Waals surface area (Å²) in [5.74, 6) is 1.38. The summed E-state index contributed by atoms with van der Waals surface area (Å²) < 4.78 is 5.72. The summed E-state index contributed by atoms with van der Waals surface area (Å²) in [6.45, 7) is 3.99. The molecule has 0 aliphatic carbocycles. The van der Waals surface area contributed by atoms with E-state index >= 15 is 0 Å². The minimum Gasteiger partial charge on any atom is -0.493 e.